The maximum atomic E-state index is 10.6. The monoisotopic (exact) mass is 438 g/mol. The Kier molecular flexibility index (Phi) is 6.06. The van der Waals surface area contributed by atoms with Crippen molar-refractivity contribution in [3.8, 4) is 17.2 Å². The molecule has 1 fully saturated rings. The zero-order chi connectivity index (χ0) is 21.4. The summed E-state index contributed by atoms with van der Waals surface area (Å²) in [7, 11) is 1.59. The van der Waals surface area contributed by atoms with E-state index in [1.807, 2.05) is 24.3 Å². The normalized spacial score (nSPS) is 27.9. The van der Waals surface area contributed by atoms with Gasteiger partial charge in [-0.05, 0) is 35.7 Å². The Morgan fingerprint density at radius 2 is 1.73 bits per heavy atom. The molecule has 0 unspecified atom stereocenters. The highest BCUT2D eigenvalue weighted by molar-refractivity contribution is 6.33. The number of aliphatic hydroxyl groups excluding tert-OH is 4. The zero-order valence-corrected chi connectivity index (χ0v) is 17.0. The van der Waals surface area contributed by atoms with E-state index in [0.29, 0.717) is 34.1 Å². The molecule has 0 spiro atoms. The van der Waals surface area contributed by atoms with Crippen LogP contribution in [0.1, 0.15) is 22.8 Å². The molecule has 2 aliphatic rings. The van der Waals surface area contributed by atoms with E-state index in [9.17, 15) is 20.4 Å². The standard InChI is InChI=1S/C21H23ClO8/c1-27-12-4-2-10(3-5-12)6-11-7-13(20-21(15(11)22)29-9-28-20)19-18(26)17(25)16(24)14(8-23)30-19/h2-5,7,14,16-19,23-26H,6,8-9H2,1H3/t14-,16-,17+,18-,19+/m1/s1. The second-order valence-electron chi connectivity index (χ2n) is 7.28. The van der Waals surface area contributed by atoms with Crippen LogP contribution in [0.15, 0.2) is 30.3 Å². The van der Waals surface area contributed by atoms with Crippen molar-refractivity contribution < 1.29 is 39.4 Å². The molecule has 5 atom stereocenters. The summed E-state index contributed by atoms with van der Waals surface area (Å²) in [6, 6.07) is 9.23. The second-order valence-corrected chi connectivity index (χ2v) is 7.66. The highest BCUT2D eigenvalue weighted by Crippen LogP contribution is 2.49. The lowest BCUT2D eigenvalue weighted by Crippen LogP contribution is -2.55. The summed E-state index contributed by atoms with van der Waals surface area (Å²) < 4.78 is 22.0. The summed E-state index contributed by atoms with van der Waals surface area (Å²) in [5.41, 5.74) is 2.10. The summed E-state index contributed by atoms with van der Waals surface area (Å²) in [6.45, 7) is -0.571. The minimum absolute atomic E-state index is 0.0501. The number of aliphatic hydroxyl groups is 4. The smallest absolute Gasteiger partial charge is 0.231 e. The molecular weight excluding hydrogens is 416 g/mol. The molecule has 0 aliphatic carbocycles. The van der Waals surface area contributed by atoms with Crippen molar-refractivity contribution in [2.75, 3.05) is 20.5 Å². The predicted octanol–water partition coefficient (Wildman–Crippen LogP) is 1.18. The maximum absolute atomic E-state index is 10.6. The van der Waals surface area contributed by atoms with Gasteiger partial charge in [0.2, 0.25) is 6.79 Å². The van der Waals surface area contributed by atoms with Crippen LogP contribution in [-0.4, -0.2) is 65.4 Å². The first-order valence-electron chi connectivity index (χ1n) is 9.49. The summed E-state index contributed by atoms with van der Waals surface area (Å²) in [5, 5.41) is 40.7. The molecule has 0 radical (unpaired) electrons. The first-order chi connectivity index (χ1) is 14.4. The van der Waals surface area contributed by atoms with Crippen LogP contribution in [0.2, 0.25) is 5.02 Å². The Balaban J connectivity index is 1.73. The van der Waals surface area contributed by atoms with Crippen molar-refractivity contribution in [3.63, 3.8) is 0 Å². The first-order valence-corrected chi connectivity index (χ1v) is 9.86. The van der Waals surface area contributed by atoms with E-state index in [-0.39, 0.29) is 6.79 Å². The Bertz CT molecular complexity index is 901. The molecule has 1 saturated heterocycles. The van der Waals surface area contributed by atoms with Crippen molar-refractivity contribution in [1.29, 1.82) is 0 Å². The molecule has 30 heavy (non-hydrogen) atoms. The molecule has 2 aromatic rings. The van der Waals surface area contributed by atoms with Crippen LogP contribution >= 0.6 is 11.6 Å². The molecule has 2 aliphatic heterocycles. The summed E-state index contributed by atoms with van der Waals surface area (Å²) >= 11 is 6.56. The fourth-order valence-electron chi connectivity index (χ4n) is 3.78. The van der Waals surface area contributed by atoms with Crippen LogP contribution < -0.4 is 14.2 Å². The van der Waals surface area contributed by atoms with E-state index in [2.05, 4.69) is 0 Å². The van der Waals surface area contributed by atoms with Crippen LogP contribution in [-0.2, 0) is 11.2 Å². The van der Waals surface area contributed by atoms with Crippen LogP contribution in [0.25, 0.3) is 0 Å². The van der Waals surface area contributed by atoms with Crippen LogP contribution in [0.3, 0.4) is 0 Å². The summed E-state index contributed by atoms with van der Waals surface area (Å²) in [6.07, 6.45) is -6.01. The van der Waals surface area contributed by atoms with Crippen molar-refractivity contribution in [2.24, 2.45) is 0 Å². The van der Waals surface area contributed by atoms with Gasteiger partial charge in [-0.15, -0.1) is 0 Å². The summed E-state index contributed by atoms with van der Waals surface area (Å²) in [4.78, 5) is 0. The van der Waals surface area contributed by atoms with E-state index in [4.69, 9.17) is 30.5 Å². The largest absolute Gasteiger partial charge is 0.497 e. The van der Waals surface area contributed by atoms with Gasteiger partial charge >= 0.3 is 0 Å². The first kappa shape index (κ1) is 21.2. The number of ether oxygens (including phenoxy) is 4. The second kappa shape index (κ2) is 8.58. The fraction of sp³-hybridized carbons (Fsp3) is 0.429. The van der Waals surface area contributed by atoms with Gasteiger partial charge < -0.3 is 39.4 Å². The summed E-state index contributed by atoms with van der Waals surface area (Å²) in [5.74, 6) is 1.37. The van der Waals surface area contributed by atoms with Crippen molar-refractivity contribution >= 4 is 11.6 Å². The van der Waals surface area contributed by atoms with Gasteiger partial charge in [0.05, 0.1) is 18.7 Å². The highest BCUT2D eigenvalue weighted by Gasteiger charge is 2.46. The molecule has 4 rings (SSSR count). The van der Waals surface area contributed by atoms with Crippen LogP contribution in [0.4, 0.5) is 0 Å². The van der Waals surface area contributed by atoms with Gasteiger partial charge in [-0.3, -0.25) is 0 Å². The third-order valence-corrected chi connectivity index (χ3v) is 5.85. The van der Waals surface area contributed by atoms with E-state index < -0.39 is 37.1 Å². The van der Waals surface area contributed by atoms with Gasteiger partial charge in [0.15, 0.2) is 11.5 Å². The van der Waals surface area contributed by atoms with E-state index >= 15 is 0 Å². The van der Waals surface area contributed by atoms with Crippen LogP contribution in [0.5, 0.6) is 17.2 Å². The Morgan fingerprint density at radius 1 is 1.03 bits per heavy atom. The predicted molar refractivity (Wildman–Crippen MR) is 106 cm³/mol. The molecule has 2 aromatic carbocycles. The van der Waals surface area contributed by atoms with E-state index in [1.54, 1.807) is 13.2 Å². The molecule has 2 heterocycles. The molecule has 9 heteroatoms. The average molecular weight is 439 g/mol. The number of rotatable bonds is 5. The van der Waals surface area contributed by atoms with Gasteiger partial charge in [0, 0.05) is 5.56 Å². The van der Waals surface area contributed by atoms with Crippen molar-refractivity contribution in [3.05, 3.63) is 52.0 Å². The Labute approximate surface area is 178 Å². The number of hydrogen-bond acceptors (Lipinski definition) is 8. The molecule has 0 saturated carbocycles. The average Bonchev–Trinajstić information content (AvgIpc) is 3.26. The maximum Gasteiger partial charge on any atom is 0.231 e. The molecule has 4 N–H and O–H groups in total. The number of fused-ring (bicyclic) bond motifs is 1. The van der Waals surface area contributed by atoms with Crippen LogP contribution in [0, 0.1) is 0 Å². The van der Waals surface area contributed by atoms with Gasteiger partial charge in [0.25, 0.3) is 0 Å². The molecule has 0 aromatic heterocycles. The highest BCUT2D eigenvalue weighted by atomic mass is 35.5. The Morgan fingerprint density at radius 3 is 2.40 bits per heavy atom. The quantitative estimate of drug-likeness (QED) is 0.549. The molecule has 0 amide bonds. The molecule has 8 nitrogen and oxygen atoms in total. The lowest BCUT2D eigenvalue weighted by Gasteiger charge is -2.40. The topological polar surface area (TPSA) is 118 Å². The lowest BCUT2D eigenvalue weighted by molar-refractivity contribution is -0.232. The number of benzene rings is 2. The molecule has 0 bridgehead atoms. The number of methoxy groups -OCH3 is 1. The van der Waals surface area contributed by atoms with Crippen molar-refractivity contribution in [1.82, 2.24) is 0 Å². The third kappa shape index (κ3) is 3.71. The zero-order valence-electron chi connectivity index (χ0n) is 16.2. The van der Waals surface area contributed by atoms with E-state index in [1.165, 1.54) is 0 Å². The fourth-order valence-corrected chi connectivity index (χ4v) is 4.04. The number of halogens is 1. The number of hydrogen-bond donors (Lipinski definition) is 4. The van der Waals surface area contributed by atoms with E-state index in [0.717, 1.165) is 11.3 Å². The minimum atomic E-state index is -1.50. The van der Waals surface area contributed by atoms with Gasteiger partial charge in [0.1, 0.15) is 36.3 Å². The third-order valence-electron chi connectivity index (χ3n) is 5.44. The van der Waals surface area contributed by atoms with Crippen molar-refractivity contribution in [2.45, 2.75) is 36.9 Å². The van der Waals surface area contributed by atoms with Gasteiger partial charge in [-0.1, -0.05) is 23.7 Å². The Hall–Kier alpha value is -2.07. The SMILES string of the molecule is COc1ccc(Cc2cc([C@@H]3O[C@H](CO)[C@@H](O)[C@H](O)[C@H]3O)c3c(c2Cl)OCO3)cc1. The van der Waals surface area contributed by atoms with Gasteiger partial charge in [-0.25, -0.2) is 0 Å². The molecular formula is C21H23ClO8. The van der Waals surface area contributed by atoms with Gasteiger partial charge in [-0.2, -0.15) is 0 Å². The minimum Gasteiger partial charge on any atom is -0.497 e. The lowest BCUT2D eigenvalue weighted by atomic mass is 9.89. The molecule has 162 valence electrons.